The molecule has 0 atom stereocenters. The second kappa shape index (κ2) is 5.48. The highest BCUT2D eigenvalue weighted by molar-refractivity contribution is 5.94. The molecule has 21 heavy (non-hydrogen) atoms. The molecule has 0 fully saturated rings. The molecule has 0 saturated carbocycles. The van der Waals surface area contributed by atoms with Crippen LogP contribution in [0.4, 0.5) is 0 Å². The summed E-state index contributed by atoms with van der Waals surface area (Å²) in [5.74, 6) is 0.126. The van der Waals surface area contributed by atoms with Gasteiger partial charge in [0.1, 0.15) is 0 Å². The summed E-state index contributed by atoms with van der Waals surface area (Å²) in [6.07, 6.45) is 3.91. The number of nitrogens with one attached hydrogen (secondary N) is 1. The molecule has 0 radical (unpaired) electrons. The Morgan fingerprint density at radius 3 is 2.95 bits per heavy atom. The zero-order valence-electron chi connectivity index (χ0n) is 12.9. The van der Waals surface area contributed by atoms with Crippen LogP contribution in [0.2, 0.25) is 0 Å². The van der Waals surface area contributed by atoms with Gasteiger partial charge in [-0.2, -0.15) is 5.10 Å². The van der Waals surface area contributed by atoms with Gasteiger partial charge in [-0.05, 0) is 19.4 Å². The predicted octanol–water partition coefficient (Wildman–Crippen LogP) is 2.07. The van der Waals surface area contributed by atoms with Gasteiger partial charge in [0.15, 0.2) is 5.78 Å². The topological polar surface area (TPSA) is 53.9 Å². The molecular formula is C16H22N4O. The van der Waals surface area contributed by atoms with Gasteiger partial charge in [0.2, 0.25) is 0 Å². The average Bonchev–Trinajstić information content (AvgIpc) is 3.03. The number of carbonyl (C=O) groups excluding carboxylic acids is 1. The van der Waals surface area contributed by atoms with E-state index in [1.54, 1.807) is 6.92 Å². The number of hydrogen-bond donors (Lipinski definition) is 1. The highest BCUT2D eigenvalue weighted by atomic mass is 16.1. The van der Waals surface area contributed by atoms with Crippen molar-refractivity contribution in [3.63, 3.8) is 0 Å². The first-order valence-corrected chi connectivity index (χ1v) is 7.52. The summed E-state index contributed by atoms with van der Waals surface area (Å²) in [5, 5.41) is 7.57. The second-order valence-corrected chi connectivity index (χ2v) is 5.83. The van der Waals surface area contributed by atoms with Crippen LogP contribution >= 0.6 is 0 Å². The lowest BCUT2D eigenvalue weighted by atomic mass is 10.0. The summed E-state index contributed by atoms with van der Waals surface area (Å²) in [6, 6.07) is 2.01. The van der Waals surface area contributed by atoms with Crippen LogP contribution in [0.1, 0.15) is 46.9 Å². The number of aromatic amines is 1. The highest BCUT2D eigenvalue weighted by Crippen LogP contribution is 2.22. The van der Waals surface area contributed by atoms with Gasteiger partial charge in [0, 0.05) is 61.8 Å². The van der Waals surface area contributed by atoms with Crippen molar-refractivity contribution in [2.75, 3.05) is 6.54 Å². The molecule has 1 N–H and O–H groups in total. The lowest BCUT2D eigenvalue weighted by Gasteiger charge is -2.27. The van der Waals surface area contributed by atoms with E-state index in [-0.39, 0.29) is 5.78 Å². The fourth-order valence-electron chi connectivity index (χ4n) is 3.03. The fourth-order valence-corrected chi connectivity index (χ4v) is 3.03. The van der Waals surface area contributed by atoms with Gasteiger partial charge in [-0.1, -0.05) is 6.92 Å². The maximum Gasteiger partial charge on any atom is 0.161 e. The molecule has 0 spiro atoms. The van der Waals surface area contributed by atoms with Gasteiger partial charge in [-0.15, -0.1) is 0 Å². The highest BCUT2D eigenvalue weighted by Gasteiger charge is 2.22. The SMILES string of the molecule is CCc1n[nH]c2c1CN(Cc1cc(C(C)=O)cn1C)CC2. The maximum absolute atomic E-state index is 11.5. The van der Waals surface area contributed by atoms with Gasteiger partial charge < -0.3 is 4.57 Å². The number of rotatable bonds is 4. The molecule has 112 valence electrons. The summed E-state index contributed by atoms with van der Waals surface area (Å²) in [4.78, 5) is 13.9. The Bertz CT molecular complexity index is 654. The zero-order valence-corrected chi connectivity index (χ0v) is 12.9. The number of fused-ring (bicyclic) bond motifs is 1. The Morgan fingerprint density at radius 1 is 1.48 bits per heavy atom. The minimum atomic E-state index is 0.126. The first-order valence-electron chi connectivity index (χ1n) is 7.52. The Hall–Kier alpha value is -1.88. The minimum Gasteiger partial charge on any atom is -0.353 e. The summed E-state index contributed by atoms with van der Waals surface area (Å²) in [7, 11) is 2.01. The molecule has 0 aromatic carbocycles. The molecule has 3 heterocycles. The normalized spacial score (nSPS) is 15.2. The smallest absolute Gasteiger partial charge is 0.161 e. The molecule has 0 bridgehead atoms. The monoisotopic (exact) mass is 286 g/mol. The molecule has 2 aromatic rings. The van der Waals surface area contributed by atoms with Crippen LogP contribution < -0.4 is 0 Å². The molecule has 1 aliphatic rings. The van der Waals surface area contributed by atoms with Crippen molar-refractivity contribution >= 4 is 5.78 Å². The molecule has 2 aromatic heterocycles. The van der Waals surface area contributed by atoms with Gasteiger partial charge in [-0.3, -0.25) is 14.8 Å². The third kappa shape index (κ3) is 2.65. The largest absolute Gasteiger partial charge is 0.353 e. The van der Waals surface area contributed by atoms with Crippen molar-refractivity contribution in [2.24, 2.45) is 7.05 Å². The van der Waals surface area contributed by atoms with Crippen molar-refractivity contribution in [2.45, 2.75) is 39.8 Å². The van der Waals surface area contributed by atoms with Crippen LogP contribution in [0.25, 0.3) is 0 Å². The Kier molecular flexibility index (Phi) is 3.68. The van der Waals surface area contributed by atoms with E-state index >= 15 is 0 Å². The summed E-state index contributed by atoms with van der Waals surface area (Å²) >= 11 is 0. The fraction of sp³-hybridized carbons (Fsp3) is 0.500. The molecule has 5 heteroatoms. The average molecular weight is 286 g/mol. The van der Waals surface area contributed by atoms with Crippen LogP contribution in [-0.4, -0.2) is 32.0 Å². The van der Waals surface area contributed by atoms with E-state index < -0.39 is 0 Å². The molecular weight excluding hydrogens is 264 g/mol. The number of H-pyrrole nitrogens is 1. The van der Waals surface area contributed by atoms with Crippen molar-refractivity contribution < 1.29 is 4.79 Å². The molecule has 0 amide bonds. The first-order chi connectivity index (χ1) is 10.1. The van der Waals surface area contributed by atoms with Gasteiger partial charge >= 0.3 is 0 Å². The quantitative estimate of drug-likeness (QED) is 0.875. The standard InChI is InChI=1S/C16H22N4O/c1-4-15-14-10-20(6-5-16(14)18-17-15)9-13-7-12(11(2)21)8-19(13)3/h7-8H,4-6,9-10H2,1-3H3,(H,17,18). The molecule has 3 rings (SSSR count). The van der Waals surface area contributed by atoms with E-state index in [2.05, 4.69) is 26.6 Å². The van der Waals surface area contributed by atoms with Crippen molar-refractivity contribution in [3.8, 4) is 0 Å². The molecule has 0 saturated heterocycles. The van der Waals surface area contributed by atoms with Gasteiger partial charge in [0.25, 0.3) is 0 Å². The number of aromatic nitrogens is 3. The third-order valence-electron chi connectivity index (χ3n) is 4.33. The summed E-state index contributed by atoms with van der Waals surface area (Å²) < 4.78 is 2.06. The van der Waals surface area contributed by atoms with Gasteiger partial charge in [0.05, 0.1) is 5.69 Å². The van der Waals surface area contributed by atoms with Crippen LogP contribution in [0.3, 0.4) is 0 Å². The molecule has 1 aliphatic heterocycles. The molecule has 0 unspecified atom stereocenters. The van der Waals surface area contributed by atoms with Crippen LogP contribution in [0.15, 0.2) is 12.3 Å². The molecule has 5 nitrogen and oxygen atoms in total. The number of nitrogens with zero attached hydrogens (tertiary/aromatic N) is 3. The van der Waals surface area contributed by atoms with Gasteiger partial charge in [-0.25, -0.2) is 0 Å². The summed E-state index contributed by atoms with van der Waals surface area (Å²) in [6.45, 7) is 6.60. The number of aryl methyl sites for hydroxylation is 2. The number of carbonyl (C=O) groups is 1. The van der Waals surface area contributed by atoms with E-state index in [1.807, 2.05) is 19.3 Å². The lowest BCUT2D eigenvalue weighted by molar-refractivity contribution is 0.101. The second-order valence-electron chi connectivity index (χ2n) is 5.83. The minimum absolute atomic E-state index is 0.126. The van der Waals surface area contributed by atoms with Crippen LogP contribution in [-0.2, 0) is 33.0 Å². The lowest BCUT2D eigenvalue weighted by Crippen LogP contribution is -2.30. The first kappa shape index (κ1) is 14.1. The van der Waals surface area contributed by atoms with E-state index in [1.165, 1.54) is 22.6 Å². The third-order valence-corrected chi connectivity index (χ3v) is 4.33. The predicted molar refractivity (Wildman–Crippen MR) is 81.2 cm³/mol. The van der Waals surface area contributed by atoms with Crippen molar-refractivity contribution in [1.29, 1.82) is 0 Å². The van der Waals surface area contributed by atoms with E-state index in [4.69, 9.17) is 0 Å². The Morgan fingerprint density at radius 2 is 2.29 bits per heavy atom. The molecule has 0 aliphatic carbocycles. The van der Waals surface area contributed by atoms with Crippen molar-refractivity contribution in [1.82, 2.24) is 19.7 Å². The number of hydrogen-bond acceptors (Lipinski definition) is 3. The van der Waals surface area contributed by atoms with Crippen molar-refractivity contribution in [3.05, 3.63) is 40.5 Å². The Balaban J connectivity index is 1.76. The maximum atomic E-state index is 11.5. The van der Waals surface area contributed by atoms with Crippen LogP contribution in [0.5, 0.6) is 0 Å². The zero-order chi connectivity index (χ0) is 15.0. The number of ketones is 1. The van der Waals surface area contributed by atoms with Crippen LogP contribution in [0, 0.1) is 0 Å². The van der Waals surface area contributed by atoms with E-state index in [0.717, 1.165) is 38.0 Å². The Labute approximate surface area is 125 Å². The summed E-state index contributed by atoms with van der Waals surface area (Å²) in [5.41, 5.74) is 5.82. The number of Topliss-reactive ketones (excluding diaryl/α,β-unsaturated/α-hetero) is 1. The van der Waals surface area contributed by atoms with E-state index in [0.29, 0.717) is 0 Å². The van der Waals surface area contributed by atoms with E-state index in [9.17, 15) is 4.79 Å².